The molecule has 0 spiro atoms. The zero-order valence-corrected chi connectivity index (χ0v) is 16.9. The highest BCUT2D eigenvalue weighted by molar-refractivity contribution is 9.10. The van der Waals surface area contributed by atoms with E-state index in [9.17, 15) is 4.79 Å². The molecule has 0 saturated carbocycles. The van der Waals surface area contributed by atoms with Crippen molar-refractivity contribution in [2.75, 3.05) is 7.11 Å². The number of nitrogens with one attached hydrogen (secondary N) is 1. The number of ether oxygens (including phenoxy) is 1. The summed E-state index contributed by atoms with van der Waals surface area (Å²) < 4.78 is 7.91. The molecule has 4 rings (SSSR count). The molecular weight excluding hydrogens is 420 g/mol. The SMILES string of the molecule is COc1ccc(/C=N/NC(=O)c2nn(-c3ccccc3)c3c2CCC3)cc1Br. The van der Waals surface area contributed by atoms with Gasteiger partial charge in [-0.2, -0.15) is 10.2 Å². The number of carbonyl (C=O) groups excluding carboxylic acids is 1. The van der Waals surface area contributed by atoms with Gasteiger partial charge < -0.3 is 4.74 Å². The lowest BCUT2D eigenvalue weighted by Crippen LogP contribution is -2.20. The van der Waals surface area contributed by atoms with Gasteiger partial charge in [0.2, 0.25) is 0 Å². The smallest absolute Gasteiger partial charge is 0.292 e. The van der Waals surface area contributed by atoms with Crippen LogP contribution in [0.5, 0.6) is 5.75 Å². The number of methoxy groups -OCH3 is 1. The molecule has 0 radical (unpaired) electrons. The van der Waals surface area contributed by atoms with Gasteiger partial charge in [-0.25, -0.2) is 10.1 Å². The summed E-state index contributed by atoms with van der Waals surface area (Å²) in [6.07, 6.45) is 4.41. The third kappa shape index (κ3) is 3.57. The van der Waals surface area contributed by atoms with Crippen LogP contribution in [0, 0.1) is 0 Å². The highest BCUT2D eigenvalue weighted by Gasteiger charge is 2.26. The Morgan fingerprint density at radius 1 is 1.25 bits per heavy atom. The Labute approximate surface area is 171 Å². The van der Waals surface area contributed by atoms with Crippen molar-refractivity contribution in [2.24, 2.45) is 5.10 Å². The minimum atomic E-state index is -0.295. The Morgan fingerprint density at radius 2 is 2.07 bits per heavy atom. The molecule has 6 nitrogen and oxygen atoms in total. The molecular formula is C21H19BrN4O2. The first-order valence-corrected chi connectivity index (χ1v) is 9.80. The second-order valence-corrected chi connectivity index (χ2v) is 7.32. The van der Waals surface area contributed by atoms with Crippen LogP contribution in [0.15, 0.2) is 58.1 Å². The third-order valence-corrected chi connectivity index (χ3v) is 5.32. The zero-order valence-electron chi connectivity index (χ0n) is 15.4. The molecule has 0 unspecified atom stereocenters. The molecule has 7 heteroatoms. The molecule has 1 aliphatic rings. The number of nitrogens with zero attached hydrogens (tertiary/aromatic N) is 3. The Balaban J connectivity index is 1.53. The number of amides is 1. The van der Waals surface area contributed by atoms with Crippen molar-refractivity contribution in [2.45, 2.75) is 19.3 Å². The molecule has 1 amide bonds. The fourth-order valence-corrected chi connectivity index (χ4v) is 3.94. The van der Waals surface area contributed by atoms with Crippen LogP contribution in [0.2, 0.25) is 0 Å². The summed E-state index contributed by atoms with van der Waals surface area (Å²) in [5.74, 6) is 0.444. The molecule has 3 aromatic rings. The van der Waals surface area contributed by atoms with E-state index in [-0.39, 0.29) is 5.91 Å². The lowest BCUT2D eigenvalue weighted by Gasteiger charge is -2.04. The van der Waals surface area contributed by atoms with Gasteiger partial charge in [0.15, 0.2) is 5.69 Å². The van der Waals surface area contributed by atoms with Crippen LogP contribution in [0.25, 0.3) is 5.69 Å². The van der Waals surface area contributed by atoms with E-state index in [1.165, 1.54) is 0 Å². The number of halogens is 1. The third-order valence-electron chi connectivity index (χ3n) is 4.70. The van der Waals surface area contributed by atoms with Gasteiger partial charge >= 0.3 is 0 Å². The number of rotatable bonds is 5. The maximum atomic E-state index is 12.7. The zero-order chi connectivity index (χ0) is 19.5. The summed E-state index contributed by atoms with van der Waals surface area (Å²) in [6, 6.07) is 15.5. The standard InChI is InChI=1S/C21H19BrN4O2/c1-28-19-11-10-14(12-17(19)22)13-23-24-21(27)20-16-8-5-9-18(16)26(25-20)15-6-3-2-4-7-15/h2-4,6-7,10-13H,5,8-9H2,1H3,(H,24,27)/b23-13+. The quantitative estimate of drug-likeness (QED) is 0.485. The lowest BCUT2D eigenvalue weighted by atomic mass is 10.2. The van der Waals surface area contributed by atoms with Crippen molar-refractivity contribution in [1.82, 2.24) is 15.2 Å². The molecule has 28 heavy (non-hydrogen) atoms. The molecule has 142 valence electrons. The summed E-state index contributed by atoms with van der Waals surface area (Å²) in [4.78, 5) is 12.7. The van der Waals surface area contributed by atoms with E-state index in [4.69, 9.17) is 4.74 Å². The van der Waals surface area contributed by atoms with Gasteiger partial charge in [-0.05, 0) is 71.1 Å². The Morgan fingerprint density at radius 3 is 2.82 bits per heavy atom. The minimum Gasteiger partial charge on any atom is -0.496 e. The lowest BCUT2D eigenvalue weighted by molar-refractivity contribution is 0.0949. The normalized spacial score (nSPS) is 12.9. The van der Waals surface area contributed by atoms with E-state index < -0.39 is 0 Å². The maximum absolute atomic E-state index is 12.7. The van der Waals surface area contributed by atoms with Gasteiger partial charge in [0.25, 0.3) is 5.91 Å². The Bertz CT molecular complexity index is 1040. The molecule has 0 atom stereocenters. The molecule has 0 saturated heterocycles. The fraction of sp³-hybridized carbons (Fsp3) is 0.190. The van der Waals surface area contributed by atoms with Crippen molar-refractivity contribution in [3.05, 3.63) is 75.5 Å². The van der Waals surface area contributed by atoms with Crippen molar-refractivity contribution in [3.63, 3.8) is 0 Å². The maximum Gasteiger partial charge on any atom is 0.292 e. The number of carbonyl (C=O) groups is 1. The van der Waals surface area contributed by atoms with Crippen LogP contribution >= 0.6 is 15.9 Å². The van der Waals surface area contributed by atoms with Crippen molar-refractivity contribution in [1.29, 1.82) is 0 Å². The van der Waals surface area contributed by atoms with Gasteiger partial charge in [0, 0.05) is 11.3 Å². The molecule has 0 bridgehead atoms. The van der Waals surface area contributed by atoms with Crippen molar-refractivity contribution < 1.29 is 9.53 Å². The Hall–Kier alpha value is -2.93. The van der Waals surface area contributed by atoms with Gasteiger partial charge in [0.1, 0.15) is 5.75 Å². The highest BCUT2D eigenvalue weighted by atomic mass is 79.9. The minimum absolute atomic E-state index is 0.295. The summed E-state index contributed by atoms with van der Waals surface area (Å²) in [7, 11) is 1.61. The number of aromatic nitrogens is 2. The number of hydrogen-bond acceptors (Lipinski definition) is 4. The van der Waals surface area contributed by atoms with Crippen molar-refractivity contribution >= 4 is 28.1 Å². The second kappa shape index (κ2) is 7.98. The highest BCUT2D eigenvalue weighted by Crippen LogP contribution is 2.28. The van der Waals surface area contributed by atoms with Crippen LogP contribution < -0.4 is 10.2 Å². The number of hydrogen-bond donors (Lipinski definition) is 1. The molecule has 2 aromatic carbocycles. The number of fused-ring (bicyclic) bond motifs is 1. The summed E-state index contributed by atoms with van der Waals surface area (Å²) in [5.41, 5.74) is 6.98. The molecule has 1 heterocycles. The molecule has 0 fully saturated rings. The topological polar surface area (TPSA) is 68.5 Å². The average Bonchev–Trinajstić information content (AvgIpc) is 3.31. The van der Waals surface area contributed by atoms with Crippen LogP contribution in [-0.4, -0.2) is 29.0 Å². The summed E-state index contributed by atoms with van der Waals surface area (Å²) in [6.45, 7) is 0. The summed E-state index contributed by atoms with van der Waals surface area (Å²) in [5, 5.41) is 8.66. The number of benzene rings is 2. The average molecular weight is 439 g/mol. The van der Waals surface area contributed by atoms with Crippen LogP contribution in [-0.2, 0) is 12.8 Å². The van der Waals surface area contributed by atoms with Crippen LogP contribution in [0.3, 0.4) is 0 Å². The molecule has 1 N–H and O–H groups in total. The van der Waals surface area contributed by atoms with Crippen LogP contribution in [0.4, 0.5) is 0 Å². The first-order valence-electron chi connectivity index (χ1n) is 9.00. The van der Waals surface area contributed by atoms with Crippen molar-refractivity contribution in [3.8, 4) is 11.4 Å². The van der Waals surface area contributed by atoms with E-state index >= 15 is 0 Å². The van der Waals surface area contributed by atoms with Gasteiger partial charge in [-0.15, -0.1) is 0 Å². The predicted octanol–water partition coefficient (Wildman–Crippen LogP) is 3.90. The van der Waals surface area contributed by atoms with E-state index in [1.54, 1.807) is 13.3 Å². The van der Waals surface area contributed by atoms with Gasteiger partial charge in [-0.3, -0.25) is 4.79 Å². The molecule has 0 aliphatic heterocycles. The van der Waals surface area contributed by atoms with E-state index in [0.717, 1.165) is 52.0 Å². The first kappa shape index (κ1) is 18.4. The second-order valence-electron chi connectivity index (χ2n) is 6.47. The van der Waals surface area contributed by atoms with E-state index in [2.05, 4.69) is 31.6 Å². The first-order chi connectivity index (χ1) is 13.7. The van der Waals surface area contributed by atoms with E-state index in [0.29, 0.717) is 5.69 Å². The molecule has 1 aliphatic carbocycles. The number of hydrazone groups is 1. The van der Waals surface area contributed by atoms with Gasteiger partial charge in [-0.1, -0.05) is 18.2 Å². The largest absolute Gasteiger partial charge is 0.496 e. The predicted molar refractivity (Wildman–Crippen MR) is 111 cm³/mol. The summed E-state index contributed by atoms with van der Waals surface area (Å²) >= 11 is 3.44. The van der Waals surface area contributed by atoms with Gasteiger partial charge in [0.05, 0.1) is 23.5 Å². The van der Waals surface area contributed by atoms with E-state index in [1.807, 2.05) is 53.2 Å². The fourth-order valence-electron chi connectivity index (χ4n) is 3.38. The van der Waals surface area contributed by atoms with Crippen LogP contribution in [0.1, 0.15) is 33.7 Å². The number of para-hydroxylation sites is 1. The molecule has 1 aromatic heterocycles. The Kier molecular flexibility index (Phi) is 5.25. The monoisotopic (exact) mass is 438 g/mol.